The Labute approximate surface area is 115 Å². The molecule has 1 amide bonds. The number of nitrogens with zero attached hydrogens (tertiary/aromatic N) is 1. The molecule has 4 heteroatoms. The Morgan fingerprint density at radius 3 is 2.63 bits per heavy atom. The maximum absolute atomic E-state index is 11.5. The molecule has 0 radical (unpaired) electrons. The van der Waals surface area contributed by atoms with Crippen LogP contribution in [0.5, 0.6) is 0 Å². The van der Waals surface area contributed by atoms with Gasteiger partial charge in [0.15, 0.2) is 0 Å². The molecule has 2 rings (SSSR count). The Morgan fingerprint density at radius 2 is 2.00 bits per heavy atom. The van der Waals surface area contributed by atoms with E-state index in [2.05, 4.69) is 31.1 Å². The Balaban J connectivity index is 2.36. The van der Waals surface area contributed by atoms with Crippen LogP contribution in [0.1, 0.15) is 38.7 Å². The van der Waals surface area contributed by atoms with Crippen molar-refractivity contribution in [3.8, 4) is 0 Å². The lowest BCUT2D eigenvalue weighted by Gasteiger charge is -2.31. The van der Waals surface area contributed by atoms with Gasteiger partial charge in [-0.3, -0.25) is 4.79 Å². The van der Waals surface area contributed by atoms with Crippen LogP contribution in [-0.2, 0) is 11.2 Å². The van der Waals surface area contributed by atoms with E-state index in [9.17, 15) is 4.79 Å². The van der Waals surface area contributed by atoms with Crippen LogP contribution in [-0.4, -0.2) is 19.0 Å². The highest BCUT2D eigenvalue weighted by Crippen LogP contribution is 2.34. The Hall–Kier alpha value is -1.71. The van der Waals surface area contributed by atoms with Crippen LogP contribution in [0.25, 0.3) is 0 Å². The number of nitrogens with one attached hydrogen (secondary N) is 1. The number of carbonyl (C=O) groups excluding carboxylic acids is 1. The number of benzene rings is 1. The van der Waals surface area contributed by atoms with Crippen LogP contribution in [0.15, 0.2) is 12.1 Å². The Morgan fingerprint density at radius 1 is 1.32 bits per heavy atom. The van der Waals surface area contributed by atoms with Gasteiger partial charge in [0.25, 0.3) is 0 Å². The first-order valence-electron chi connectivity index (χ1n) is 7.01. The van der Waals surface area contributed by atoms with Gasteiger partial charge in [0, 0.05) is 25.2 Å². The van der Waals surface area contributed by atoms with Crippen molar-refractivity contribution in [2.75, 3.05) is 23.0 Å². The van der Waals surface area contributed by atoms with Crippen molar-refractivity contribution in [2.45, 2.75) is 45.6 Å². The molecule has 1 aliphatic heterocycles. The zero-order chi connectivity index (χ0) is 14.0. The van der Waals surface area contributed by atoms with Crippen LogP contribution in [0.2, 0.25) is 0 Å². The minimum atomic E-state index is 0.0911. The summed E-state index contributed by atoms with van der Waals surface area (Å²) in [7, 11) is 2.07. The fraction of sp³-hybridized carbons (Fsp3) is 0.533. The van der Waals surface area contributed by atoms with Crippen LogP contribution in [0.3, 0.4) is 0 Å². The normalized spacial score (nSPS) is 14.2. The molecular formula is C15H23N3O. The van der Waals surface area contributed by atoms with Gasteiger partial charge in [-0.25, -0.2) is 0 Å². The van der Waals surface area contributed by atoms with E-state index in [-0.39, 0.29) is 5.91 Å². The summed E-state index contributed by atoms with van der Waals surface area (Å²) in [5.41, 5.74) is 10.0. The van der Waals surface area contributed by atoms with Crippen LogP contribution < -0.4 is 16.0 Å². The molecule has 1 heterocycles. The van der Waals surface area contributed by atoms with Crippen LogP contribution in [0.4, 0.5) is 17.1 Å². The van der Waals surface area contributed by atoms with Crippen molar-refractivity contribution in [3.05, 3.63) is 17.7 Å². The van der Waals surface area contributed by atoms with Crippen molar-refractivity contribution < 1.29 is 4.79 Å². The minimum absolute atomic E-state index is 0.0911. The quantitative estimate of drug-likeness (QED) is 0.819. The molecule has 0 fully saturated rings. The molecule has 4 nitrogen and oxygen atoms in total. The van der Waals surface area contributed by atoms with Gasteiger partial charge in [-0.05, 0) is 37.0 Å². The molecule has 1 aromatic carbocycles. The largest absolute Gasteiger partial charge is 0.397 e. The number of hydrogen-bond acceptors (Lipinski definition) is 3. The first-order valence-corrected chi connectivity index (χ1v) is 7.01. The molecule has 1 aliphatic rings. The van der Waals surface area contributed by atoms with E-state index in [4.69, 9.17) is 5.73 Å². The van der Waals surface area contributed by atoms with E-state index in [1.54, 1.807) is 0 Å². The molecule has 19 heavy (non-hydrogen) atoms. The molecular weight excluding hydrogens is 238 g/mol. The number of anilines is 3. The second kappa shape index (κ2) is 5.51. The highest BCUT2D eigenvalue weighted by atomic mass is 16.1. The predicted molar refractivity (Wildman–Crippen MR) is 80.6 cm³/mol. The summed E-state index contributed by atoms with van der Waals surface area (Å²) in [6.45, 7) is 4.36. The standard InChI is InChI=1S/C15H23N3O/c1-4-11(5-2)18(3)14-9-13-10(8-12(14)16)6-7-15(19)17-13/h8-9,11H,4-7,16H2,1-3H3,(H,17,19). The number of nitrogens with two attached hydrogens (primary N) is 1. The van der Waals surface area contributed by atoms with E-state index in [0.717, 1.165) is 41.9 Å². The molecule has 0 spiro atoms. The van der Waals surface area contributed by atoms with Gasteiger partial charge in [-0.15, -0.1) is 0 Å². The molecule has 0 saturated heterocycles. The Kier molecular flexibility index (Phi) is 3.98. The second-order valence-corrected chi connectivity index (χ2v) is 5.20. The molecule has 0 aliphatic carbocycles. The lowest BCUT2D eigenvalue weighted by atomic mass is 10.00. The van der Waals surface area contributed by atoms with Crippen molar-refractivity contribution in [3.63, 3.8) is 0 Å². The molecule has 104 valence electrons. The third-order valence-corrected chi connectivity index (χ3v) is 4.02. The fourth-order valence-electron chi connectivity index (χ4n) is 2.77. The highest BCUT2D eigenvalue weighted by Gasteiger charge is 2.20. The number of rotatable bonds is 4. The van der Waals surface area contributed by atoms with E-state index in [1.807, 2.05) is 12.1 Å². The summed E-state index contributed by atoms with van der Waals surface area (Å²) in [4.78, 5) is 13.7. The number of aryl methyl sites for hydroxylation is 1. The first-order chi connectivity index (χ1) is 9.06. The van der Waals surface area contributed by atoms with E-state index < -0.39 is 0 Å². The van der Waals surface area contributed by atoms with Crippen LogP contribution >= 0.6 is 0 Å². The number of fused-ring (bicyclic) bond motifs is 1. The third kappa shape index (κ3) is 2.67. The second-order valence-electron chi connectivity index (χ2n) is 5.20. The van der Waals surface area contributed by atoms with Crippen molar-refractivity contribution in [1.82, 2.24) is 0 Å². The monoisotopic (exact) mass is 261 g/mol. The number of carbonyl (C=O) groups is 1. The van der Waals surface area contributed by atoms with Gasteiger partial charge in [0.1, 0.15) is 0 Å². The third-order valence-electron chi connectivity index (χ3n) is 4.02. The van der Waals surface area contributed by atoms with E-state index in [1.165, 1.54) is 0 Å². The van der Waals surface area contributed by atoms with E-state index in [0.29, 0.717) is 12.5 Å². The van der Waals surface area contributed by atoms with Gasteiger partial charge in [0.05, 0.1) is 11.4 Å². The van der Waals surface area contributed by atoms with Gasteiger partial charge in [-0.2, -0.15) is 0 Å². The van der Waals surface area contributed by atoms with Gasteiger partial charge in [-0.1, -0.05) is 13.8 Å². The van der Waals surface area contributed by atoms with Gasteiger partial charge < -0.3 is 16.0 Å². The van der Waals surface area contributed by atoms with Crippen molar-refractivity contribution in [1.29, 1.82) is 0 Å². The topological polar surface area (TPSA) is 58.4 Å². The SMILES string of the molecule is CCC(CC)N(C)c1cc2c(cc1N)CCC(=O)N2. The van der Waals surface area contributed by atoms with Gasteiger partial charge in [0.2, 0.25) is 5.91 Å². The molecule has 3 N–H and O–H groups in total. The summed E-state index contributed by atoms with van der Waals surface area (Å²) in [5.74, 6) is 0.0911. The summed E-state index contributed by atoms with van der Waals surface area (Å²) in [5, 5.41) is 2.94. The summed E-state index contributed by atoms with van der Waals surface area (Å²) >= 11 is 0. The summed E-state index contributed by atoms with van der Waals surface area (Å²) in [6, 6.07) is 4.49. The van der Waals surface area contributed by atoms with Crippen molar-refractivity contribution in [2.24, 2.45) is 0 Å². The molecule has 0 aromatic heterocycles. The molecule has 0 bridgehead atoms. The minimum Gasteiger partial charge on any atom is -0.397 e. The van der Waals surface area contributed by atoms with Crippen molar-refractivity contribution >= 4 is 23.0 Å². The number of hydrogen-bond donors (Lipinski definition) is 2. The predicted octanol–water partition coefficient (Wildman–Crippen LogP) is 2.78. The molecule has 0 atom stereocenters. The zero-order valence-electron chi connectivity index (χ0n) is 12.0. The van der Waals surface area contributed by atoms with Gasteiger partial charge >= 0.3 is 0 Å². The maximum atomic E-state index is 11.5. The molecule has 0 saturated carbocycles. The molecule has 1 aromatic rings. The number of amides is 1. The maximum Gasteiger partial charge on any atom is 0.224 e. The highest BCUT2D eigenvalue weighted by molar-refractivity contribution is 5.95. The lowest BCUT2D eigenvalue weighted by molar-refractivity contribution is -0.116. The lowest BCUT2D eigenvalue weighted by Crippen LogP contribution is -2.31. The van der Waals surface area contributed by atoms with E-state index >= 15 is 0 Å². The smallest absolute Gasteiger partial charge is 0.224 e. The Bertz CT molecular complexity index is 481. The summed E-state index contributed by atoms with van der Waals surface area (Å²) < 4.78 is 0. The average molecular weight is 261 g/mol. The zero-order valence-corrected chi connectivity index (χ0v) is 12.0. The average Bonchev–Trinajstić information content (AvgIpc) is 2.39. The molecule has 0 unspecified atom stereocenters. The van der Waals surface area contributed by atoms with Crippen LogP contribution in [0, 0.1) is 0 Å². The number of nitrogen functional groups attached to an aromatic ring is 1. The first kappa shape index (κ1) is 13.7. The fourth-order valence-corrected chi connectivity index (χ4v) is 2.77. The summed E-state index contributed by atoms with van der Waals surface area (Å²) in [6.07, 6.45) is 3.49.